The first kappa shape index (κ1) is 45.7. The first-order valence-corrected chi connectivity index (χ1v) is 22.0. The van der Waals surface area contributed by atoms with E-state index in [4.69, 9.17) is 33.2 Å². The molecule has 0 fully saturated rings. The number of rotatable bonds is 32. The molecule has 0 heterocycles. The third-order valence-corrected chi connectivity index (χ3v) is 10.5. The molecule has 57 heavy (non-hydrogen) atoms. The predicted octanol–water partition coefficient (Wildman–Crippen LogP) is 10.2. The molecule has 0 aliphatic carbocycles. The number of unbranched alkanes of at least 4 members (excludes halogenated alkanes) is 6. The SMILES string of the molecule is O=C(SCCCCCCOc1ccc(OCCOCCOCCOCCOc2ccc(OCCCCCCSC(=O)c3ccccc3)cc2)cc1)c1ccccc1. The Morgan fingerprint density at radius 1 is 0.333 bits per heavy atom. The highest BCUT2D eigenvalue weighted by Crippen LogP contribution is 2.20. The minimum atomic E-state index is 0.146. The summed E-state index contributed by atoms with van der Waals surface area (Å²) in [5.74, 6) is 4.90. The second-order valence-corrected chi connectivity index (χ2v) is 15.1. The molecule has 0 aliphatic rings. The molecule has 0 radical (unpaired) electrons. The molecule has 0 aromatic heterocycles. The molecule has 308 valence electrons. The Kier molecular flexibility index (Phi) is 24.2. The number of thioether (sulfide) groups is 2. The Bertz CT molecular complexity index is 1490. The summed E-state index contributed by atoms with van der Waals surface area (Å²) in [5, 5.41) is 0.292. The van der Waals surface area contributed by atoms with Crippen molar-refractivity contribution in [3.8, 4) is 23.0 Å². The van der Waals surface area contributed by atoms with Gasteiger partial charge >= 0.3 is 0 Å². The molecule has 0 saturated carbocycles. The fraction of sp³-hybridized carbons (Fsp3) is 0.435. The lowest BCUT2D eigenvalue weighted by Gasteiger charge is -2.10. The van der Waals surface area contributed by atoms with Crippen LogP contribution in [0.15, 0.2) is 109 Å². The van der Waals surface area contributed by atoms with Crippen LogP contribution in [-0.2, 0) is 14.2 Å². The van der Waals surface area contributed by atoms with Gasteiger partial charge < -0.3 is 33.2 Å². The molecule has 4 rings (SSSR count). The molecule has 4 aromatic rings. The maximum atomic E-state index is 12.1. The summed E-state index contributed by atoms with van der Waals surface area (Å²) >= 11 is 2.80. The van der Waals surface area contributed by atoms with Crippen LogP contribution in [0.3, 0.4) is 0 Å². The Hall–Kier alpha value is -4.00. The average Bonchev–Trinajstić information content (AvgIpc) is 3.25. The molecule has 11 heteroatoms. The van der Waals surface area contributed by atoms with Gasteiger partial charge in [0.15, 0.2) is 0 Å². The van der Waals surface area contributed by atoms with E-state index in [0.717, 1.165) is 97.0 Å². The van der Waals surface area contributed by atoms with Gasteiger partial charge in [-0.15, -0.1) is 0 Å². The van der Waals surface area contributed by atoms with Crippen molar-refractivity contribution in [2.45, 2.75) is 51.4 Å². The van der Waals surface area contributed by atoms with Crippen LogP contribution in [0.1, 0.15) is 72.1 Å². The fourth-order valence-corrected chi connectivity index (χ4v) is 7.06. The van der Waals surface area contributed by atoms with Crippen LogP contribution in [0.5, 0.6) is 23.0 Å². The van der Waals surface area contributed by atoms with Crippen LogP contribution in [0, 0.1) is 0 Å². The number of carbonyl (C=O) groups is 2. The molecule has 4 aromatic carbocycles. The summed E-state index contributed by atoms with van der Waals surface area (Å²) in [4.78, 5) is 24.2. The van der Waals surface area contributed by atoms with Crippen LogP contribution < -0.4 is 18.9 Å². The van der Waals surface area contributed by atoms with Gasteiger partial charge in [-0.05, 0) is 74.2 Å². The summed E-state index contributed by atoms with van der Waals surface area (Å²) in [5.41, 5.74) is 1.54. The van der Waals surface area contributed by atoms with E-state index in [1.807, 2.05) is 109 Å². The van der Waals surface area contributed by atoms with E-state index in [9.17, 15) is 9.59 Å². The zero-order valence-electron chi connectivity index (χ0n) is 33.0. The smallest absolute Gasteiger partial charge is 0.219 e. The standard InChI is InChI=1S/C46H58O9S2/c47-45(39-15-7-5-8-16-39)56-37-13-3-1-11-27-52-41-19-23-43(24-20-41)54-35-33-50-31-29-49-30-32-51-34-36-55-44-25-21-42(22-26-44)53-28-12-2-4-14-38-57-46(48)40-17-9-6-10-18-40/h5-10,15-26H,1-4,11-14,27-38H2. The maximum absolute atomic E-state index is 12.1. The molecule has 0 bridgehead atoms. The van der Waals surface area contributed by atoms with Crippen molar-refractivity contribution in [2.24, 2.45) is 0 Å². The lowest BCUT2D eigenvalue weighted by atomic mass is 10.2. The van der Waals surface area contributed by atoms with E-state index in [-0.39, 0.29) is 10.2 Å². The van der Waals surface area contributed by atoms with E-state index in [1.54, 1.807) is 0 Å². The first-order chi connectivity index (χ1) is 28.2. The van der Waals surface area contributed by atoms with Gasteiger partial charge in [0.25, 0.3) is 0 Å². The highest BCUT2D eigenvalue weighted by Gasteiger charge is 2.06. The van der Waals surface area contributed by atoms with E-state index >= 15 is 0 Å². The summed E-state index contributed by atoms with van der Waals surface area (Å²) in [6.07, 6.45) is 8.35. The average molecular weight is 819 g/mol. The zero-order chi connectivity index (χ0) is 39.9. The summed E-state index contributed by atoms with van der Waals surface area (Å²) in [6.45, 7) is 5.15. The van der Waals surface area contributed by atoms with Gasteiger partial charge in [0.1, 0.15) is 36.2 Å². The van der Waals surface area contributed by atoms with Crippen molar-refractivity contribution in [3.63, 3.8) is 0 Å². The van der Waals surface area contributed by atoms with Gasteiger partial charge in [0.2, 0.25) is 10.2 Å². The zero-order valence-corrected chi connectivity index (χ0v) is 34.7. The fourth-order valence-electron chi connectivity index (χ4n) is 5.38. The van der Waals surface area contributed by atoms with Crippen molar-refractivity contribution < 1.29 is 42.7 Å². The van der Waals surface area contributed by atoms with E-state index < -0.39 is 0 Å². The third-order valence-electron chi connectivity index (χ3n) is 8.48. The molecule has 0 saturated heterocycles. The molecule has 0 atom stereocenters. The Morgan fingerprint density at radius 3 is 0.982 bits per heavy atom. The Balaban J connectivity index is 0.858. The monoisotopic (exact) mass is 818 g/mol. The third kappa shape index (κ3) is 21.4. The molecule has 9 nitrogen and oxygen atoms in total. The van der Waals surface area contributed by atoms with Gasteiger partial charge in [-0.3, -0.25) is 9.59 Å². The summed E-state index contributed by atoms with van der Waals surface area (Å²) in [6, 6.07) is 34.2. The van der Waals surface area contributed by atoms with Gasteiger partial charge in [0.05, 0.1) is 52.9 Å². The lowest BCUT2D eigenvalue weighted by Crippen LogP contribution is -2.14. The number of carbonyl (C=O) groups excluding carboxylic acids is 2. The molecule has 0 N–H and O–H groups in total. The molecule has 0 amide bonds. The topological polar surface area (TPSA) is 98.8 Å². The number of hydrogen-bond donors (Lipinski definition) is 0. The van der Waals surface area contributed by atoms with Gasteiger partial charge in [-0.2, -0.15) is 0 Å². The van der Waals surface area contributed by atoms with E-state index in [1.165, 1.54) is 23.5 Å². The summed E-state index contributed by atoms with van der Waals surface area (Å²) < 4.78 is 40.0. The molecule has 0 unspecified atom stereocenters. The van der Waals surface area contributed by atoms with Crippen molar-refractivity contribution >= 4 is 33.8 Å². The summed E-state index contributed by atoms with van der Waals surface area (Å²) in [7, 11) is 0. The van der Waals surface area contributed by atoms with Gasteiger partial charge in [-0.1, -0.05) is 110 Å². The largest absolute Gasteiger partial charge is 0.494 e. The highest BCUT2D eigenvalue weighted by atomic mass is 32.2. The highest BCUT2D eigenvalue weighted by molar-refractivity contribution is 8.14. The van der Waals surface area contributed by atoms with E-state index in [2.05, 4.69) is 0 Å². The van der Waals surface area contributed by atoms with Gasteiger partial charge in [-0.25, -0.2) is 0 Å². The predicted molar refractivity (Wildman–Crippen MR) is 231 cm³/mol. The van der Waals surface area contributed by atoms with Crippen molar-refractivity contribution in [1.82, 2.24) is 0 Å². The maximum Gasteiger partial charge on any atom is 0.219 e. The number of hydrogen-bond acceptors (Lipinski definition) is 11. The normalized spacial score (nSPS) is 10.9. The second-order valence-electron chi connectivity index (χ2n) is 13.0. The molecule has 0 aliphatic heterocycles. The van der Waals surface area contributed by atoms with Crippen LogP contribution in [-0.4, -0.2) is 87.8 Å². The van der Waals surface area contributed by atoms with Crippen LogP contribution in [0.4, 0.5) is 0 Å². The quantitative estimate of drug-likeness (QED) is 0.0441. The number of benzene rings is 4. The lowest BCUT2D eigenvalue weighted by molar-refractivity contribution is 0.00498. The second kappa shape index (κ2) is 30.1. The minimum absolute atomic E-state index is 0.146. The molecular weight excluding hydrogens is 761 g/mol. The minimum Gasteiger partial charge on any atom is -0.494 e. The van der Waals surface area contributed by atoms with Crippen LogP contribution >= 0.6 is 23.5 Å². The number of ether oxygens (including phenoxy) is 7. The van der Waals surface area contributed by atoms with Crippen LogP contribution in [0.2, 0.25) is 0 Å². The molecule has 0 spiro atoms. The molecular formula is C46H58O9S2. The van der Waals surface area contributed by atoms with Gasteiger partial charge in [0, 0.05) is 22.6 Å². The van der Waals surface area contributed by atoms with Crippen molar-refractivity contribution in [3.05, 3.63) is 120 Å². The van der Waals surface area contributed by atoms with Crippen molar-refractivity contribution in [2.75, 3.05) is 77.6 Å². The Labute approximate surface area is 347 Å². The first-order valence-electron chi connectivity index (χ1n) is 20.1. The Morgan fingerprint density at radius 2 is 0.632 bits per heavy atom. The van der Waals surface area contributed by atoms with Crippen LogP contribution in [0.25, 0.3) is 0 Å². The van der Waals surface area contributed by atoms with E-state index in [0.29, 0.717) is 66.1 Å². The van der Waals surface area contributed by atoms with Crippen molar-refractivity contribution in [1.29, 1.82) is 0 Å².